The van der Waals surface area contributed by atoms with Gasteiger partial charge in [-0.3, -0.25) is 4.79 Å². The van der Waals surface area contributed by atoms with Crippen molar-refractivity contribution < 1.29 is 9.53 Å². The van der Waals surface area contributed by atoms with E-state index in [-0.39, 0.29) is 11.4 Å². The van der Waals surface area contributed by atoms with Crippen LogP contribution in [0.2, 0.25) is 5.02 Å². The summed E-state index contributed by atoms with van der Waals surface area (Å²) in [6.45, 7) is 7.37. The molecule has 4 nitrogen and oxygen atoms in total. The molecular weight excluding hydrogens is 252 g/mol. The lowest BCUT2D eigenvalue weighted by Crippen LogP contribution is -2.46. The monoisotopic (exact) mass is 270 g/mol. The summed E-state index contributed by atoms with van der Waals surface area (Å²) in [6.07, 6.45) is -0.661. The molecule has 0 heterocycles. The Kier molecular flexibility index (Phi) is 4.46. The van der Waals surface area contributed by atoms with Crippen molar-refractivity contribution in [1.82, 2.24) is 5.32 Å². The number of benzene rings is 1. The van der Waals surface area contributed by atoms with Crippen LogP contribution in [0.3, 0.4) is 0 Å². The molecule has 18 heavy (non-hydrogen) atoms. The highest BCUT2D eigenvalue weighted by Gasteiger charge is 2.21. The summed E-state index contributed by atoms with van der Waals surface area (Å²) in [5.41, 5.74) is 5.87. The SMILES string of the molecule is CC(Oc1c(N)cccc1Cl)C(=O)NC(C)(C)C. The molecule has 1 atom stereocenters. The third-order valence-corrected chi connectivity index (χ3v) is 2.46. The zero-order chi connectivity index (χ0) is 13.9. The fourth-order valence-corrected chi connectivity index (χ4v) is 1.58. The zero-order valence-corrected chi connectivity index (χ0v) is 11.8. The van der Waals surface area contributed by atoms with Crippen LogP contribution in [0, 0.1) is 0 Å². The first-order valence-corrected chi connectivity index (χ1v) is 6.11. The highest BCUT2D eigenvalue weighted by molar-refractivity contribution is 6.32. The molecule has 0 radical (unpaired) electrons. The van der Waals surface area contributed by atoms with Crippen molar-refractivity contribution in [2.45, 2.75) is 39.3 Å². The molecule has 0 spiro atoms. The van der Waals surface area contributed by atoms with Crippen LogP contribution >= 0.6 is 11.6 Å². The van der Waals surface area contributed by atoms with Crippen LogP contribution < -0.4 is 15.8 Å². The van der Waals surface area contributed by atoms with Crippen molar-refractivity contribution in [2.24, 2.45) is 0 Å². The Morgan fingerprint density at radius 3 is 2.56 bits per heavy atom. The quantitative estimate of drug-likeness (QED) is 0.830. The predicted molar refractivity (Wildman–Crippen MR) is 73.9 cm³/mol. The number of ether oxygens (including phenoxy) is 1. The van der Waals surface area contributed by atoms with E-state index in [1.165, 1.54) is 0 Å². The first-order chi connectivity index (χ1) is 8.20. The molecule has 5 heteroatoms. The fourth-order valence-electron chi connectivity index (χ4n) is 1.35. The van der Waals surface area contributed by atoms with Crippen LogP contribution in [-0.4, -0.2) is 17.6 Å². The zero-order valence-electron chi connectivity index (χ0n) is 11.1. The van der Waals surface area contributed by atoms with Crippen LogP contribution in [0.5, 0.6) is 5.75 Å². The third-order valence-electron chi connectivity index (χ3n) is 2.16. The normalized spacial score (nSPS) is 12.9. The highest BCUT2D eigenvalue weighted by atomic mass is 35.5. The number of halogens is 1. The van der Waals surface area contributed by atoms with Crippen LogP contribution in [0.4, 0.5) is 5.69 Å². The second-order valence-electron chi connectivity index (χ2n) is 5.16. The minimum Gasteiger partial charge on any atom is -0.477 e. The molecule has 1 rings (SSSR count). The first kappa shape index (κ1) is 14.6. The second-order valence-corrected chi connectivity index (χ2v) is 5.56. The average molecular weight is 271 g/mol. The van der Waals surface area contributed by atoms with Gasteiger partial charge < -0.3 is 15.8 Å². The van der Waals surface area contributed by atoms with Crippen molar-refractivity contribution >= 4 is 23.2 Å². The van der Waals surface area contributed by atoms with Gasteiger partial charge in [-0.15, -0.1) is 0 Å². The van der Waals surface area contributed by atoms with Crippen molar-refractivity contribution in [3.63, 3.8) is 0 Å². The van der Waals surface area contributed by atoms with Crippen LogP contribution in [0.15, 0.2) is 18.2 Å². The molecule has 1 unspecified atom stereocenters. The van der Waals surface area contributed by atoms with Crippen molar-refractivity contribution in [3.05, 3.63) is 23.2 Å². The van der Waals surface area contributed by atoms with Gasteiger partial charge in [0.2, 0.25) is 0 Å². The van der Waals surface area contributed by atoms with Gasteiger partial charge in [0.15, 0.2) is 11.9 Å². The van der Waals surface area contributed by atoms with Gasteiger partial charge in [0.05, 0.1) is 10.7 Å². The number of rotatable bonds is 3. The number of nitrogen functional groups attached to an aromatic ring is 1. The Morgan fingerprint density at radius 2 is 2.06 bits per heavy atom. The Hall–Kier alpha value is -1.42. The van der Waals surface area contributed by atoms with Gasteiger partial charge in [0, 0.05) is 5.54 Å². The van der Waals surface area contributed by atoms with Gasteiger partial charge >= 0.3 is 0 Å². The molecule has 0 aliphatic carbocycles. The molecule has 0 aromatic heterocycles. The maximum atomic E-state index is 11.9. The first-order valence-electron chi connectivity index (χ1n) is 5.73. The van der Waals surface area contributed by atoms with Gasteiger partial charge in [0.25, 0.3) is 5.91 Å². The Morgan fingerprint density at radius 1 is 1.44 bits per heavy atom. The molecule has 1 amide bonds. The maximum absolute atomic E-state index is 11.9. The highest BCUT2D eigenvalue weighted by Crippen LogP contribution is 2.31. The van der Waals surface area contributed by atoms with Crippen molar-refractivity contribution in [3.8, 4) is 5.75 Å². The fraction of sp³-hybridized carbons (Fsp3) is 0.462. The molecule has 0 aliphatic rings. The topological polar surface area (TPSA) is 64.3 Å². The summed E-state index contributed by atoms with van der Waals surface area (Å²) in [5, 5.41) is 3.22. The summed E-state index contributed by atoms with van der Waals surface area (Å²) in [7, 11) is 0. The van der Waals surface area contributed by atoms with E-state index >= 15 is 0 Å². The van der Waals surface area contributed by atoms with E-state index in [9.17, 15) is 4.79 Å². The molecular formula is C13H19ClN2O2. The van der Waals surface area contributed by atoms with E-state index in [1.807, 2.05) is 20.8 Å². The number of nitrogens with two attached hydrogens (primary N) is 1. The number of carbonyl (C=O) groups excluding carboxylic acids is 1. The van der Waals surface area contributed by atoms with E-state index in [1.54, 1.807) is 25.1 Å². The minimum atomic E-state index is -0.661. The van der Waals surface area contributed by atoms with Gasteiger partial charge in [-0.1, -0.05) is 17.7 Å². The summed E-state index contributed by atoms with van der Waals surface area (Å²) in [6, 6.07) is 5.07. The largest absolute Gasteiger partial charge is 0.477 e. The van der Waals surface area contributed by atoms with E-state index < -0.39 is 6.10 Å². The second kappa shape index (κ2) is 5.48. The molecule has 3 N–H and O–H groups in total. The molecule has 0 saturated heterocycles. The van der Waals surface area contributed by atoms with Crippen LogP contribution in [0.25, 0.3) is 0 Å². The molecule has 1 aromatic rings. The van der Waals surface area contributed by atoms with E-state index in [0.29, 0.717) is 16.5 Å². The van der Waals surface area contributed by atoms with E-state index in [2.05, 4.69) is 5.32 Å². The van der Waals surface area contributed by atoms with Gasteiger partial charge in [0.1, 0.15) is 0 Å². The predicted octanol–water partition coefficient (Wildman–Crippen LogP) is 2.60. The smallest absolute Gasteiger partial charge is 0.261 e. The number of amides is 1. The standard InChI is InChI=1S/C13H19ClN2O2/c1-8(12(17)16-13(2,3)4)18-11-9(14)6-5-7-10(11)15/h5-8H,15H2,1-4H3,(H,16,17). The lowest BCUT2D eigenvalue weighted by Gasteiger charge is -2.24. The number of para-hydroxylation sites is 1. The summed E-state index contributed by atoms with van der Waals surface area (Å²) in [5.74, 6) is 0.137. The van der Waals surface area contributed by atoms with Gasteiger partial charge in [-0.2, -0.15) is 0 Å². The van der Waals surface area contributed by atoms with E-state index in [0.717, 1.165) is 0 Å². The van der Waals surface area contributed by atoms with E-state index in [4.69, 9.17) is 22.1 Å². The Labute approximate surface area is 112 Å². The van der Waals surface area contributed by atoms with Crippen LogP contribution in [0.1, 0.15) is 27.7 Å². The molecule has 0 saturated carbocycles. The lowest BCUT2D eigenvalue weighted by molar-refractivity contribution is -0.128. The van der Waals surface area contributed by atoms with Crippen molar-refractivity contribution in [1.29, 1.82) is 0 Å². The summed E-state index contributed by atoms with van der Waals surface area (Å²) >= 11 is 5.97. The average Bonchev–Trinajstić information content (AvgIpc) is 2.21. The number of hydrogen-bond donors (Lipinski definition) is 2. The maximum Gasteiger partial charge on any atom is 0.261 e. The molecule has 100 valence electrons. The number of hydrogen-bond acceptors (Lipinski definition) is 3. The Balaban J connectivity index is 2.76. The third kappa shape index (κ3) is 4.11. The van der Waals surface area contributed by atoms with Crippen LogP contribution in [-0.2, 0) is 4.79 Å². The molecule has 0 aliphatic heterocycles. The molecule has 0 bridgehead atoms. The number of anilines is 1. The number of carbonyl (C=O) groups is 1. The summed E-state index contributed by atoms with van der Waals surface area (Å²) < 4.78 is 5.51. The summed E-state index contributed by atoms with van der Waals surface area (Å²) in [4.78, 5) is 11.9. The van der Waals surface area contributed by atoms with Gasteiger partial charge in [-0.05, 0) is 39.8 Å². The molecule has 0 fully saturated rings. The molecule has 1 aromatic carbocycles. The Bertz CT molecular complexity index is 421. The lowest BCUT2D eigenvalue weighted by atomic mass is 10.1. The number of nitrogens with one attached hydrogen (secondary N) is 1. The van der Waals surface area contributed by atoms with Crippen molar-refractivity contribution in [2.75, 3.05) is 5.73 Å². The van der Waals surface area contributed by atoms with Gasteiger partial charge in [-0.25, -0.2) is 0 Å². The minimum absolute atomic E-state index is 0.207.